The highest BCUT2D eigenvalue weighted by Crippen LogP contribution is 2.45. The Labute approximate surface area is 167 Å². The molecule has 0 saturated carbocycles. The molecule has 0 fully saturated rings. The van der Waals surface area contributed by atoms with Crippen molar-refractivity contribution in [1.82, 2.24) is 24.5 Å². The number of hydrogen-bond acceptors (Lipinski definition) is 7. The molecule has 3 aromatic heterocycles. The van der Waals surface area contributed by atoms with E-state index in [1.165, 1.54) is 6.20 Å². The monoisotopic (exact) mass is 424 g/mol. The van der Waals surface area contributed by atoms with Gasteiger partial charge in [0.15, 0.2) is 5.82 Å². The van der Waals surface area contributed by atoms with Gasteiger partial charge in [0.2, 0.25) is 0 Å². The van der Waals surface area contributed by atoms with Gasteiger partial charge in [-0.05, 0) is 17.9 Å². The normalized spacial score (nSPS) is 20.0. The first-order valence-corrected chi connectivity index (χ1v) is 10.3. The maximum Gasteiger partial charge on any atom is 0.433 e. The second kappa shape index (κ2) is 7.36. The van der Waals surface area contributed by atoms with Gasteiger partial charge in [0.25, 0.3) is 0 Å². The van der Waals surface area contributed by atoms with Crippen molar-refractivity contribution < 1.29 is 13.2 Å². The highest BCUT2D eigenvalue weighted by molar-refractivity contribution is 8.25. The minimum absolute atomic E-state index is 0.0364. The molecule has 6 nitrogen and oxygen atoms in total. The van der Waals surface area contributed by atoms with Gasteiger partial charge in [0, 0.05) is 19.4 Å². The molecule has 28 heavy (non-hydrogen) atoms. The number of thioether (sulfide) groups is 2. The zero-order valence-corrected chi connectivity index (χ0v) is 16.5. The molecule has 0 bridgehead atoms. The Balaban J connectivity index is 1.78. The average Bonchev–Trinajstić information content (AvgIpc) is 3.23. The molecule has 2 unspecified atom stereocenters. The zero-order chi connectivity index (χ0) is 19.9. The van der Waals surface area contributed by atoms with Gasteiger partial charge in [-0.2, -0.15) is 13.2 Å². The van der Waals surface area contributed by atoms with Crippen LogP contribution in [0.25, 0.3) is 11.0 Å². The van der Waals surface area contributed by atoms with E-state index in [1.54, 1.807) is 53.6 Å². The molecule has 1 aliphatic rings. The van der Waals surface area contributed by atoms with Gasteiger partial charge in [-0.15, -0.1) is 11.8 Å². The highest BCUT2D eigenvalue weighted by atomic mass is 32.2. The summed E-state index contributed by atoms with van der Waals surface area (Å²) < 4.78 is 40.8. The lowest BCUT2D eigenvalue weighted by atomic mass is 10.3. The maximum atomic E-state index is 13.0. The van der Waals surface area contributed by atoms with Crippen LogP contribution < -0.4 is 0 Å². The second-order valence-electron chi connectivity index (χ2n) is 5.98. The molecule has 11 heteroatoms. The number of aryl methyl sites for hydroxylation is 1. The molecular weight excluding hydrogens is 409 g/mol. The van der Waals surface area contributed by atoms with E-state index in [9.17, 15) is 13.2 Å². The van der Waals surface area contributed by atoms with Crippen molar-refractivity contribution in [2.24, 2.45) is 12.0 Å². The third-order valence-electron chi connectivity index (χ3n) is 4.19. The molecule has 3 aromatic rings. The predicted octanol–water partition coefficient (Wildman–Crippen LogP) is 4.09. The summed E-state index contributed by atoms with van der Waals surface area (Å²) in [7, 11) is 1.77. The molecule has 2 atom stereocenters. The molecule has 4 rings (SSSR count). The molecule has 0 amide bonds. The standard InChI is InChI=1S/C17H15F3N6S2/c1-3-27-16-12(25-15(28-16)13-21-5-4-6-22-13)14-24-9-7-11(17(18,19)20)23-8-10(9)26(14)2/h4-8,12,16H,3H2,1-2H3. The molecule has 146 valence electrons. The van der Waals surface area contributed by atoms with E-state index < -0.39 is 11.9 Å². The second-order valence-corrected chi connectivity index (χ2v) is 8.83. The van der Waals surface area contributed by atoms with E-state index in [1.807, 2.05) is 6.92 Å². The largest absolute Gasteiger partial charge is 0.433 e. The number of pyridine rings is 1. The number of nitrogens with zero attached hydrogens (tertiary/aromatic N) is 6. The van der Waals surface area contributed by atoms with Crippen molar-refractivity contribution in [3.8, 4) is 0 Å². The van der Waals surface area contributed by atoms with Crippen LogP contribution in [0.1, 0.15) is 30.3 Å². The van der Waals surface area contributed by atoms with E-state index in [0.29, 0.717) is 22.2 Å². The summed E-state index contributed by atoms with van der Waals surface area (Å²) in [6, 6.07) is 2.39. The number of aliphatic imine (C=N–C) groups is 1. The smallest absolute Gasteiger partial charge is 0.328 e. The summed E-state index contributed by atoms with van der Waals surface area (Å²) in [4.78, 5) is 21.3. The van der Waals surface area contributed by atoms with Crippen molar-refractivity contribution in [2.75, 3.05) is 5.75 Å². The first kappa shape index (κ1) is 19.2. The molecule has 0 radical (unpaired) electrons. The molecule has 0 saturated heterocycles. The third-order valence-corrected chi connectivity index (χ3v) is 6.80. The minimum atomic E-state index is -4.51. The van der Waals surface area contributed by atoms with Crippen LogP contribution in [0.5, 0.6) is 0 Å². The number of halogens is 3. The molecule has 0 aliphatic carbocycles. The quantitative estimate of drug-likeness (QED) is 0.628. The number of hydrogen-bond donors (Lipinski definition) is 0. The summed E-state index contributed by atoms with van der Waals surface area (Å²) in [5, 5.41) is 0.706. The first-order chi connectivity index (χ1) is 13.4. The van der Waals surface area contributed by atoms with E-state index in [0.717, 1.165) is 11.8 Å². The fourth-order valence-electron chi connectivity index (χ4n) is 2.91. The van der Waals surface area contributed by atoms with Gasteiger partial charge in [0.1, 0.15) is 22.6 Å². The van der Waals surface area contributed by atoms with Crippen molar-refractivity contribution in [3.05, 3.63) is 48.1 Å². The summed E-state index contributed by atoms with van der Waals surface area (Å²) in [6.45, 7) is 2.05. The first-order valence-electron chi connectivity index (χ1n) is 8.41. The molecule has 4 heterocycles. The summed E-state index contributed by atoms with van der Waals surface area (Å²) in [5.41, 5.74) is -0.163. The van der Waals surface area contributed by atoms with Gasteiger partial charge in [-0.1, -0.05) is 18.7 Å². The number of alkyl halides is 3. The summed E-state index contributed by atoms with van der Waals surface area (Å²) in [5.74, 6) is 2.01. The van der Waals surface area contributed by atoms with Crippen molar-refractivity contribution in [3.63, 3.8) is 0 Å². The lowest BCUT2D eigenvalue weighted by Gasteiger charge is -2.15. The van der Waals surface area contributed by atoms with Gasteiger partial charge < -0.3 is 4.57 Å². The molecule has 0 aromatic carbocycles. The molecule has 0 spiro atoms. The van der Waals surface area contributed by atoms with Crippen LogP contribution >= 0.6 is 23.5 Å². The van der Waals surface area contributed by atoms with Gasteiger partial charge in [-0.25, -0.2) is 19.9 Å². The Hall–Kier alpha value is -2.14. The van der Waals surface area contributed by atoms with Crippen molar-refractivity contribution in [2.45, 2.75) is 23.7 Å². The van der Waals surface area contributed by atoms with E-state index in [4.69, 9.17) is 4.99 Å². The van der Waals surface area contributed by atoms with E-state index in [-0.39, 0.29) is 16.1 Å². The lowest BCUT2D eigenvalue weighted by Crippen LogP contribution is -2.11. The lowest BCUT2D eigenvalue weighted by molar-refractivity contribution is -0.141. The Morgan fingerprint density at radius 3 is 2.64 bits per heavy atom. The number of aromatic nitrogens is 5. The van der Waals surface area contributed by atoms with Crippen LogP contribution in [0.4, 0.5) is 13.2 Å². The zero-order valence-electron chi connectivity index (χ0n) is 14.9. The molecule has 1 aliphatic heterocycles. The van der Waals surface area contributed by atoms with Crippen LogP contribution in [0.3, 0.4) is 0 Å². The number of imidazole rings is 1. The minimum Gasteiger partial charge on any atom is -0.328 e. The van der Waals surface area contributed by atoms with Gasteiger partial charge in [-0.3, -0.25) is 4.99 Å². The Morgan fingerprint density at radius 1 is 1.21 bits per heavy atom. The topological polar surface area (TPSA) is 68.8 Å². The fraction of sp³-hybridized carbons (Fsp3) is 0.353. The Morgan fingerprint density at radius 2 is 1.96 bits per heavy atom. The fourth-order valence-corrected chi connectivity index (χ4v) is 5.47. The average molecular weight is 424 g/mol. The van der Waals surface area contributed by atoms with Crippen LogP contribution in [-0.4, -0.2) is 39.9 Å². The van der Waals surface area contributed by atoms with Gasteiger partial charge in [0.05, 0.1) is 21.8 Å². The van der Waals surface area contributed by atoms with Crippen molar-refractivity contribution >= 4 is 39.6 Å². The molecule has 0 N–H and O–H groups in total. The SMILES string of the molecule is CCSC1SC(c2ncccn2)=NC1c1nc2cc(C(F)(F)F)ncc2n1C. The number of fused-ring (bicyclic) bond motifs is 1. The van der Waals surface area contributed by atoms with Crippen LogP contribution in [0.15, 0.2) is 35.7 Å². The maximum absolute atomic E-state index is 13.0. The van der Waals surface area contributed by atoms with Gasteiger partial charge >= 0.3 is 6.18 Å². The van der Waals surface area contributed by atoms with Crippen LogP contribution in [0, 0.1) is 0 Å². The summed E-state index contributed by atoms with van der Waals surface area (Å²) >= 11 is 3.27. The van der Waals surface area contributed by atoms with E-state index in [2.05, 4.69) is 19.9 Å². The Bertz CT molecular complexity index is 1030. The van der Waals surface area contributed by atoms with E-state index >= 15 is 0 Å². The van der Waals surface area contributed by atoms with Crippen LogP contribution in [0.2, 0.25) is 0 Å². The van der Waals surface area contributed by atoms with Crippen molar-refractivity contribution in [1.29, 1.82) is 0 Å². The summed E-state index contributed by atoms with van der Waals surface area (Å²) in [6.07, 6.45) is 0.00945. The van der Waals surface area contributed by atoms with Crippen LogP contribution in [-0.2, 0) is 13.2 Å². The number of rotatable bonds is 4. The highest BCUT2D eigenvalue weighted by Gasteiger charge is 2.37. The Kier molecular flexibility index (Phi) is 5.04. The third kappa shape index (κ3) is 3.48. The molecular formula is C17H15F3N6S2. The predicted molar refractivity (Wildman–Crippen MR) is 104 cm³/mol.